The summed E-state index contributed by atoms with van der Waals surface area (Å²) in [6.45, 7) is 6.38. The molecule has 128 valence electrons. The van der Waals surface area contributed by atoms with Crippen molar-refractivity contribution in [3.63, 3.8) is 0 Å². The molecule has 1 N–H and O–H groups in total. The number of ether oxygens (including phenoxy) is 1. The van der Waals surface area contributed by atoms with Gasteiger partial charge in [-0.05, 0) is 38.2 Å². The number of nitrogens with zero attached hydrogens (tertiary/aromatic N) is 2. The summed E-state index contributed by atoms with van der Waals surface area (Å²) < 4.78 is 5.18. The van der Waals surface area contributed by atoms with Gasteiger partial charge in [0.15, 0.2) is 0 Å². The summed E-state index contributed by atoms with van der Waals surface area (Å²) in [7, 11) is 3.81. The van der Waals surface area contributed by atoms with Crippen molar-refractivity contribution < 1.29 is 9.53 Å². The molecule has 1 aliphatic heterocycles. The van der Waals surface area contributed by atoms with E-state index < -0.39 is 0 Å². The van der Waals surface area contributed by atoms with Crippen LogP contribution in [0.25, 0.3) is 0 Å². The van der Waals surface area contributed by atoms with Crippen molar-refractivity contribution in [3.05, 3.63) is 24.3 Å². The average Bonchev–Trinajstić information content (AvgIpc) is 2.58. The molecule has 1 aliphatic rings. The minimum absolute atomic E-state index is 0.0937. The van der Waals surface area contributed by atoms with E-state index in [2.05, 4.69) is 22.2 Å². The van der Waals surface area contributed by atoms with Gasteiger partial charge in [-0.3, -0.25) is 4.79 Å². The minimum Gasteiger partial charge on any atom is -0.497 e. The van der Waals surface area contributed by atoms with Crippen LogP contribution in [0.4, 0.5) is 0 Å². The molecule has 0 saturated carbocycles. The van der Waals surface area contributed by atoms with Gasteiger partial charge in [0.2, 0.25) is 5.91 Å². The highest BCUT2D eigenvalue weighted by atomic mass is 32.2. The molecule has 1 aromatic rings. The Morgan fingerprint density at radius 1 is 1.30 bits per heavy atom. The molecule has 2 rings (SSSR count). The first kappa shape index (κ1) is 18.1. The van der Waals surface area contributed by atoms with Gasteiger partial charge in [0.1, 0.15) is 5.75 Å². The molecule has 6 heteroatoms. The summed E-state index contributed by atoms with van der Waals surface area (Å²) in [5, 5.41) is 3.00. The van der Waals surface area contributed by atoms with Crippen LogP contribution in [0.3, 0.4) is 0 Å². The lowest BCUT2D eigenvalue weighted by molar-refractivity contribution is -0.118. The van der Waals surface area contributed by atoms with E-state index >= 15 is 0 Å². The van der Waals surface area contributed by atoms with E-state index in [0.29, 0.717) is 5.75 Å². The lowest BCUT2D eigenvalue weighted by atomic mass is 10.3. The third kappa shape index (κ3) is 6.81. The van der Waals surface area contributed by atoms with Crippen LogP contribution in [-0.2, 0) is 4.79 Å². The van der Waals surface area contributed by atoms with Gasteiger partial charge in [-0.15, -0.1) is 11.8 Å². The number of likely N-dealkylation sites (N-methyl/N-ethyl adjacent to an activating group) is 1. The van der Waals surface area contributed by atoms with Crippen LogP contribution in [0.1, 0.15) is 6.42 Å². The number of benzene rings is 1. The zero-order valence-electron chi connectivity index (χ0n) is 14.1. The van der Waals surface area contributed by atoms with Crippen LogP contribution >= 0.6 is 11.8 Å². The van der Waals surface area contributed by atoms with Gasteiger partial charge in [-0.2, -0.15) is 0 Å². The number of amides is 1. The number of methoxy groups -OCH3 is 1. The molecule has 0 aromatic heterocycles. The molecule has 1 saturated heterocycles. The molecule has 1 heterocycles. The van der Waals surface area contributed by atoms with Gasteiger partial charge in [0, 0.05) is 37.6 Å². The summed E-state index contributed by atoms with van der Waals surface area (Å²) >= 11 is 1.54. The highest BCUT2D eigenvalue weighted by Gasteiger charge is 2.12. The molecule has 0 radical (unpaired) electrons. The monoisotopic (exact) mass is 337 g/mol. The lowest BCUT2D eigenvalue weighted by Crippen LogP contribution is -2.45. The molecule has 0 unspecified atom stereocenters. The second kappa shape index (κ2) is 9.80. The summed E-state index contributed by atoms with van der Waals surface area (Å²) in [6.07, 6.45) is 1.01. The number of piperazine rings is 1. The minimum atomic E-state index is 0.0937. The molecule has 1 aromatic carbocycles. The largest absolute Gasteiger partial charge is 0.497 e. The molecular formula is C17H27N3O2S. The van der Waals surface area contributed by atoms with E-state index in [1.807, 2.05) is 24.3 Å². The van der Waals surface area contributed by atoms with Crippen LogP contribution < -0.4 is 10.1 Å². The van der Waals surface area contributed by atoms with Crippen LogP contribution in [0, 0.1) is 0 Å². The smallest absolute Gasteiger partial charge is 0.230 e. The maximum atomic E-state index is 11.9. The van der Waals surface area contributed by atoms with E-state index in [1.54, 1.807) is 7.11 Å². The normalized spacial score (nSPS) is 16.3. The van der Waals surface area contributed by atoms with Crippen molar-refractivity contribution in [2.75, 3.05) is 59.2 Å². The Morgan fingerprint density at radius 2 is 2.09 bits per heavy atom. The molecule has 0 atom stereocenters. The van der Waals surface area contributed by atoms with Gasteiger partial charge in [0.05, 0.1) is 12.9 Å². The summed E-state index contributed by atoms with van der Waals surface area (Å²) in [5.41, 5.74) is 0. The maximum absolute atomic E-state index is 11.9. The Kier molecular flexibility index (Phi) is 7.71. The molecular weight excluding hydrogens is 310 g/mol. The Balaban J connectivity index is 1.56. The third-order valence-corrected chi connectivity index (χ3v) is 4.97. The van der Waals surface area contributed by atoms with Gasteiger partial charge in [0.25, 0.3) is 0 Å². The van der Waals surface area contributed by atoms with E-state index in [9.17, 15) is 4.79 Å². The van der Waals surface area contributed by atoms with Gasteiger partial charge < -0.3 is 19.9 Å². The molecule has 23 heavy (non-hydrogen) atoms. The van der Waals surface area contributed by atoms with E-state index in [1.165, 1.54) is 11.8 Å². The van der Waals surface area contributed by atoms with Crippen molar-refractivity contribution in [2.24, 2.45) is 0 Å². The van der Waals surface area contributed by atoms with Crippen LogP contribution in [0.5, 0.6) is 5.75 Å². The first-order chi connectivity index (χ1) is 11.2. The van der Waals surface area contributed by atoms with Gasteiger partial charge >= 0.3 is 0 Å². The van der Waals surface area contributed by atoms with Crippen LogP contribution in [-0.4, -0.2) is 74.9 Å². The van der Waals surface area contributed by atoms with Gasteiger partial charge in [-0.25, -0.2) is 0 Å². The number of hydrogen-bond donors (Lipinski definition) is 1. The average molecular weight is 337 g/mol. The third-order valence-electron chi connectivity index (χ3n) is 3.98. The van der Waals surface area contributed by atoms with Crippen molar-refractivity contribution in [2.45, 2.75) is 11.3 Å². The number of rotatable bonds is 8. The zero-order chi connectivity index (χ0) is 16.5. The summed E-state index contributed by atoms with van der Waals surface area (Å²) in [6, 6.07) is 7.79. The molecule has 0 bridgehead atoms. The summed E-state index contributed by atoms with van der Waals surface area (Å²) in [4.78, 5) is 17.8. The van der Waals surface area contributed by atoms with E-state index in [-0.39, 0.29) is 5.91 Å². The van der Waals surface area contributed by atoms with Crippen molar-refractivity contribution in [1.29, 1.82) is 0 Å². The van der Waals surface area contributed by atoms with E-state index in [4.69, 9.17) is 4.74 Å². The fraction of sp³-hybridized carbons (Fsp3) is 0.588. The van der Waals surface area contributed by atoms with Crippen molar-refractivity contribution in [1.82, 2.24) is 15.1 Å². The molecule has 0 spiro atoms. The molecule has 1 amide bonds. The first-order valence-corrected chi connectivity index (χ1v) is 9.10. The predicted octanol–water partition coefficient (Wildman–Crippen LogP) is 1.54. The number of carbonyl (C=O) groups is 1. The van der Waals surface area contributed by atoms with Gasteiger partial charge in [-0.1, -0.05) is 6.07 Å². The highest BCUT2D eigenvalue weighted by Crippen LogP contribution is 2.22. The maximum Gasteiger partial charge on any atom is 0.230 e. The Labute approximate surface area is 143 Å². The fourth-order valence-electron chi connectivity index (χ4n) is 2.49. The zero-order valence-corrected chi connectivity index (χ0v) is 14.9. The number of thioether (sulfide) groups is 1. The second-order valence-electron chi connectivity index (χ2n) is 5.82. The SMILES string of the molecule is COc1cccc(SCC(=O)NCCCN2CCN(C)CC2)c1. The van der Waals surface area contributed by atoms with E-state index in [0.717, 1.165) is 56.3 Å². The quantitative estimate of drug-likeness (QED) is 0.576. The Hall–Kier alpha value is -1.24. The Bertz CT molecular complexity index is 490. The second-order valence-corrected chi connectivity index (χ2v) is 6.86. The number of carbonyl (C=O) groups excluding carboxylic acids is 1. The van der Waals surface area contributed by atoms with Crippen LogP contribution in [0.15, 0.2) is 29.2 Å². The molecule has 0 aliphatic carbocycles. The van der Waals surface area contributed by atoms with Crippen molar-refractivity contribution >= 4 is 17.7 Å². The lowest BCUT2D eigenvalue weighted by Gasteiger charge is -2.32. The predicted molar refractivity (Wildman–Crippen MR) is 95.3 cm³/mol. The molecule has 1 fully saturated rings. The summed E-state index contributed by atoms with van der Waals surface area (Å²) in [5.74, 6) is 1.36. The number of hydrogen-bond acceptors (Lipinski definition) is 5. The number of nitrogens with one attached hydrogen (secondary N) is 1. The fourth-order valence-corrected chi connectivity index (χ4v) is 3.27. The first-order valence-electron chi connectivity index (χ1n) is 8.12. The standard InChI is InChI=1S/C17H27N3O2S/c1-19-9-11-20(12-10-19)8-4-7-18-17(21)14-23-16-6-3-5-15(13-16)22-2/h3,5-6,13H,4,7-12,14H2,1-2H3,(H,18,21). The van der Waals surface area contributed by atoms with Crippen LogP contribution in [0.2, 0.25) is 0 Å². The van der Waals surface area contributed by atoms with Crippen molar-refractivity contribution in [3.8, 4) is 5.75 Å². The molecule has 5 nitrogen and oxygen atoms in total. The topological polar surface area (TPSA) is 44.8 Å². The Morgan fingerprint density at radius 3 is 2.83 bits per heavy atom. The highest BCUT2D eigenvalue weighted by molar-refractivity contribution is 8.00.